The van der Waals surface area contributed by atoms with Crippen molar-refractivity contribution in [3.05, 3.63) is 0 Å². The zero-order valence-electron chi connectivity index (χ0n) is 14.6. The third kappa shape index (κ3) is 7.17. The number of piperidine rings is 1. The first kappa shape index (κ1) is 17.3. The molecule has 0 atom stereocenters. The van der Waals surface area contributed by atoms with Crippen LogP contribution in [0.25, 0.3) is 0 Å². The van der Waals surface area contributed by atoms with Gasteiger partial charge in [0.15, 0.2) is 0 Å². The van der Waals surface area contributed by atoms with E-state index < -0.39 is 0 Å². The van der Waals surface area contributed by atoms with Crippen molar-refractivity contribution < 1.29 is 0 Å². The van der Waals surface area contributed by atoms with Gasteiger partial charge in [-0.3, -0.25) is 0 Å². The molecule has 0 aromatic heterocycles. The maximum Gasteiger partial charge on any atom is 0.000966 e. The van der Waals surface area contributed by atoms with Crippen LogP contribution < -0.4 is 0 Å². The van der Waals surface area contributed by atoms with Crippen molar-refractivity contribution in [1.82, 2.24) is 4.90 Å². The number of rotatable bonds is 3. The molecule has 1 nitrogen and oxygen atoms in total. The lowest BCUT2D eigenvalue weighted by Crippen LogP contribution is -2.37. The fourth-order valence-corrected chi connectivity index (χ4v) is 4.37. The van der Waals surface area contributed by atoms with Crippen molar-refractivity contribution in [2.75, 3.05) is 19.6 Å². The lowest BCUT2D eigenvalue weighted by atomic mass is 9.90. The summed E-state index contributed by atoms with van der Waals surface area (Å²) < 4.78 is 0. The highest BCUT2D eigenvalue weighted by Gasteiger charge is 2.20. The molecule has 1 heteroatoms. The van der Waals surface area contributed by atoms with Crippen LogP contribution in [0.1, 0.15) is 96.8 Å². The zero-order chi connectivity index (χ0) is 14.8. The average Bonchev–Trinajstić information content (AvgIpc) is 2.51. The maximum atomic E-state index is 2.79. The van der Waals surface area contributed by atoms with E-state index in [2.05, 4.69) is 11.8 Å². The van der Waals surface area contributed by atoms with E-state index in [1.54, 1.807) is 0 Å². The topological polar surface area (TPSA) is 3.24 Å². The molecule has 0 bridgehead atoms. The minimum atomic E-state index is 1.00. The van der Waals surface area contributed by atoms with Crippen molar-refractivity contribution in [2.45, 2.75) is 96.8 Å². The predicted octanol–water partition coefficient (Wildman–Crippen LogP) is 6.03. The van der Waals surface area contributed by atoms with Crippen LogP contribution in [0.15, 0.2) is 0 Å². The number of hydrogen-bond acceptors (Lipinski definition) is 1. The van der Waals surface area contributed by atoms with Crippen LogP contribution in [0.3, 0.4) is 0 Å². The molecule has 0 aromatic carbocycles. The first-order valence-electron chi connectivity index (χ1n) is 10.1. The monoisotopic (exact) mass is 293 g/mol. The standard InChI is InChI=1S/C20H39N/c1-2-19-14-16-21(17-15-19)18-20-12-10-8-6-4-3-5-7-9-11-13-20/h19-20H,2-18H2,1H3. The zero-order valence-corrected chi connectivity index (χ0v) is 14.6. The Kier molecular flexibility index (Phi) is 8.78. The normalized spacial score (nSPS) is 26.1. The fraction of sp³-hybridized carbons (Fsp3) is 1.00. The summed E-state index contributed by atoms with van der Waals surface area (Å²) in [4.78, 5) is 2.79. The Balaban J connectivity index is 1.70. The first-order chi connectivity index (χ1) is 10.4. The lowest BCUT2D eigenvalue weighted by molar-refractivity contribution is 0.150. The van der Waals surface area contributed by atoms with Crippen molar-refractivity contribution in [2.24, 2.45) is 11.8 Å². The molecule has 1 heterocycles. The fourth-order valence-electron chi connectivity index (χ4n) is 4.37. The van der Waals surface area contributed by atoms with Gasteiger partial charge >= 0.3 is 0 Å². The molecule has 1 aliphatic carbocycles. The molecular weight excluding hydrogens is 254 g/mol. The molecule has 0 unspecified atom stereocenters. The number of nitrogens with zero attached hydrogens (tertiary/aromatic N) is 1. The Labute approximate surface area is 133 Å². The van der Waals surface area contributed by atoms with Gasteiger partial charge in [-0.15, -0.1) is 0 Å². The molecular formula is C20H39N. The summed E-state index contributed by atoms with van der Waals surface area (Å²) >= 11 is 0. The van der Waals surface area contributed by atoms with Gasteiger partial charge in [0.1, 0.15) is 0 Å². The van der Waals surface area contributed by atoms with E-state index in [1.165, 1.54) is 110 Å². The largest absolute Gasteiger partial charge is 0.303 e. The minimum Gasteiger partial charge on any atom is -0.303 e. The van der Waals surface area contributed by atoms with Crippen molar-refractivity contribution in [3.63, 3.8) is 0 Å². The van der Waals surface area contributed by atoms with E-state index in [1.807, 2.05) is 0 Å². The Bertz CT molecular complexity index is 230. The lowest BCUT2D eigenvalue weighted by Gasteiger charge is -2.34. The summed E-state index contributed by atoms with van der Waals surface area (Å²) in [7, 11) is 0. The summed E-state index contributed by atoms with van der Waals surface area (Å²) in [6.45, 7) is 6.55. The molecule has 1 saturated carbocycles. The van der Waals surface area contributed by atoms with Crippen LogP contribution >= 0.6 is 0 Å². The van der Waals surface area contributed by atoms with Gasteiger partial charge in [0.2, 0.25) is 0 Å². The molecule has 2 fully saturated rings. The van der Waals surface area contributed by atoms with Crippen LogP contribution in [0, 0.1) is 11.8 Å². The van der Waals surface area contributed by atoms with E-state index in [0.717, 1.165) is 11.8 Å². The minimum absolute atomic E-state index is 1.00. The molecule has 1 aliphatic heterocycles. The van der Waals surface area contributed by atoms with E-state index >= 15 is 0 Å². The van der Waals surface area contributed by atoms with Gasteiger partial charge in [-0.05, 0) is 50.6 Å². The van der Waals surface area contributed by atoms with Crippen LogP contribution in [0.4, 0.5) is 0 Å². The van der Waals surface area contributed by atoms with E-state index in [9.17, 15) is 0 Å². The molecule has 0 N–H and O–H groups in total. The Morgan fingerprint density at radius 1 is 0.619 bits per heavy atom. The van der Waals surface area contributed by atoms with Gasteiger partial charge < -0.3 is 4.90 Å². The highest BCUT2D eigenvalue weighted by atomic mass is 15.1. The quantitative estimate of drug-likeness (QED) is 0.614. The summed E-state index contributed by atoms with van der Waals surface area (Å²) in [5.41, 5.74) is 0. The van der Waals surface area contributed by atoms with Gasteiger partial charge in [-0.1, -0.05) is 71.1 Å². The average molecular weight is 294 g/mol. The van der Waals surface area contributed by atoms with Crippen molar-refractivity contribution in [3.8, 4) is 0 Å². The Hall–Kier alpha value is -0.0400. The number of likely N-dealkylation sites (tertiary alicyclic amines) is 1. The Morgan fingerprint density at radius 2 is 1.10 bits per heavy atom. The SMILES string of the molecule is CCC1CCN(CC2CCCCCCCCCCC2)CC1. The van der Waals surface area contributed by atoms with Gasteiger partial charge in [-0.25, -0.2) is 0 Å². The summed E-state index contributed by atoms with van der Waals surface area (Å²) in [5, 5.41) is 0. The van der Waals surface area contributed by atoms with Gasteiger partial charge in [0.25, 0.3) is 0 Å². The van der Waals surface area contributed by atoms with Gasteiger partial charge in [0, 0.05) is 6.54 Å². The van der Waals surface area contributed by atoms with Crippen LogP contribution in [0.2, 0.25) is 0 Å². The van der Waals surface area contributed by atoms with Gasteiger partial charge in [0.05, 0.1) is 0 Å². The molecule has 2 rings (SSSR count). The maximum absolute atomic E-state index is 2.79. The summed E-state index contributed by atoms with van der Waals surface area (Å²) in [5.74, 6) is 2.03. The molecule has 0 aromatic rings. The predicted molar refractivity (Wildman–Crippen MR) is 93.7 cm³/mol. The third-order valence-corrected chi connectivity index (χ3v) is 6.03. The smallest absolute Gasteiger partial charge is 0.000966 e. The molecule has 21 heavy (non-hydrogen) atoms. The first-order valence-corrected chi connectivity index (χ1v) is 10.1. The second-order valence-corrected chi connectivity index (χ2v) is 7.78. The van der Waals surface area contributed by atoms with Gasteiger partial charge in [-0.2, -0.15) is 0 Å². The molecule has 0 spiro atoms. The Morgan fingerprint density at radius 3 is 1.57 bits per heavy atom. The van der Waals surface area contributed by atoms with E-state index in [-0.39, 0.29) is 0 Å². The van der Waals surface area contributed by atoms with Crippen LogP contribution in [-0.2, 0) is 0 Å². The molecule has 2 aliphatic rings. The van der Waals surface area contributed by atoms with E-state index in [0.29, 0.717) is 0 Å². The molecule has 0 radical (unpaired) electrons. The second-order valence-electron chi connectivity index (χ2n) is 7.78. The van der Waals surface area contributed by atoms with Crippen molar-refractivity contribution in [1.29, 1.82) is 0 Å². The highest BCUT2D eigenvalue weighted by molar-refractivity contribution is 4.74. The third-order valence-electron chi connectivity index (χ3n) is 6.03. The van der Waals surface area contributed by atoms with Crippen LogP contribution in [-0.4, -0.2) is 24.5 Å². The number of hydrogen-bond donors (Lipinski definition) is 0. The molecule has 1 saturated heterocycles. The van der Waals surface area contributed by atoms with Crippen LogP contribution in [0.5, 0.6) is 0 Å². The van der Waals surface area contributed by atoms with Crippen molar-refractivity contribution >= 4 is 0 Å². The highest BCUT2D eigenvalue weighted by Crippen LogP contribution is 2.25. The molecule has 0 amide bonds. The second kappa shape index (κ2) is 10.6. The summed E-state index contributed by atoms with van der Waals surface area (Å²) in [6, 6.07) is 0. The van der Waals surface area contributed by atoms with E-state index in [4.69, 9.17) is 0 Å². The molecule has 124 valence electrons. The summed E-state index contributed by atoms with van der Waals surface area (Å²) in [6.07, 6.45) is 20.8.